The highest BCUT2D eigenvalue weighted by Gasteiger charge is 2.05. The number of pyridine rings is 1. The molecule has 0 saturated heterocycles. The minimum atomic E-state index is -0.0536. The van der Waals surface area contributed by atoms with Gasteiger partial charge in [-0.1, -0.05) is 24.3 Å². The molecule has 3 aromatic rings. The van der Waals surface area contributed by atoms with Crippen molar-refractivity contribution in [1.82, 2.24) is 4.98 Å². The van der Waals surface area contributed by atoms with Crippen molar-refractivity contribution in [1.29, 1.82) is 0 Å². The largest absolute Gasteiger partial charge is 0.322 e. The Kier molecular flexibility index (Phi) is 2.11. The van der Waals surface area contributed by atoms with E-state index >= 15 is 0 Å². The molecular formula is C13H9NOS. The minimum Gasteiger partial charge on any atom is -0.322 e. The zero-order valence-corrected chi connectivity index (χ0v) is 9.25. The standard InChI is InChI=1S/C13H9NOS/c15-13-8-10(12-6-3-7-16-12)9-4-1-2-5-11(9)14-13/h1-8H,(H,14,15). The first-order valence-corrected chi connectivity index (χ1v) is 5.88. The van der Waals surface area contributed by atoms with Crippen LogP contribution in [0, 0.1) is 0 Å². The fourth-order valence-corrected chi connectivity index (χ4v) is 2.60. The van der Waals surface area contributed by atoms with E-state index < -0.39 is 0 Å². The van der Waals surface area contributed by atoms with Crippen molar-refractivity contribution >= 4 is 22.2 Å². The number of rotatable bonds is 1. The fourth-order valence-electron chi connectivity index (χ4n) is 1.84. The highest BCUT2D eigenvalue weighted by atomic mass is 32.1. The molecule has 0 spiro atoms. The number of fused-ring (bicyclic) bond motifs is 1. The summed E-state index contributed by atoms with van der Waals surface area (Å²) in [6.07, 6.45) is 0. The van der Waals surface area contributed by atoms with Crippen LogP contribution < -0.4 is 5.56 Å². The molecule has 0 bridgehead atoms. The van der Waals surface area contributed by atoms with Gasteiger partial charge in [0.1, 0.15) is 0 Å². The molecule has 3 heteroatoms. The van der Waals surface area contributed by atoms with Crippen LogP contribution in [0.25, 0.3) is 21.3 Å². The fraction of sp³-hybridized carbons (Fsp3) is 0. The average molecular weight is 227 g/mol. The second kappa shape index (κ2) is 3.61. The van der Waals surface area contributed by atoms with Gasteiger partial charge in [0.25, 0.3) is 0 Å². The van der Waals surface area contributed by atoms with E-state index in [1.54, 1.807) is 17.4 Å². The van der Waals surface area contributed by atoms with Crippen LogP contribution in [0.4, 0.5) is 0 Å². The monoisotopic (exact) mass is 227 g/mol. The third-order valence-corrected chi connectivity index (χ3v) is 3.44. The summed E-state index contributed by atoms with van der Waals surface area (Å²) in [4.78, 5) is 15.5. The van der Waals surface area contributed by atoms with Crippen LogP contribution in [0.15, 0.2) is 52.6 Å². The lowest BCUT2D eigenvalue weighted by Gasteiger charge is -2.03. The van der Waals surface area contributed by atoms with E-state index in [9.17, 15) is 4.79 Å². The first-order chi connectivity index (χ1) is 7.84. The van der Waals surface area contributed by atoms with E-state index in [4.69, 9.17) is 0 Å². The number of aromatic amines is 1. The Morgan fingerprint density at radius 3 is 2.75 bits per heavy atom. The summed E-state index contributed by atoms with van der Waals surface area (Å²) in [6, 6.07) is 13.6. The molecule has 1 N–H and O–H groups in total. The molecule has 0 aliphatic rings. The zero-order chi connectivity index (χ0) is 11.0. The normalized spacial score (nSPS) is 10.8. The van der Waals surface area contributed by atoms with Crippen molar-refractivity contribution in [2.75, 3.05) is 0 Å². The Bertz CT molecular complexity index is 682. The molecule has 0 amide bonds. The molecular weight excluding hydrogens is 218 g/mol. The number of hydrogen-bond acceptors (Lipinski definition) is 2. The highest BCUT2D eigenvalue weighted by Crippen LogP contribution is 2.29. The predicted molar refractivity (Wildman–Crippen MR) is 67.9 cm³/mol. The molecule has 1 aromatic carbocycles. The van der Waals surface area contributed by atoms with Gasteiger partial charge in [-0.05, 0) is 17.5 Å². The maximum absolute atomic E-state index is 11.5. The molecule has 0 saturated carbocycles. The third-order valence-electron chi connectivity index (χ3n) is 2.54. The van der Waals surface area contributed by atoms with E-state index in [1.165, 1.54) is 0 Å². The highest BCUT2D eigenvalue weighted by molar-refractivity contribution is 7.13. The molecule has 0 aliphatic carbocycles. The molecule has 0 radical (unpaired) electrons. The van der Waals surface area contributed by atoms with Gasteiger partial charge in [0.05, 0.1) is 0 Å². The summed E-state index contributed by atoms with van der Waals surface area (Å²) in [6.45, 7) is 0. The van der Waals surface area contributed by atoms with Crippen molar-refractivity contribution in [3.05, 3.63) is 58.2 Å². The summed E-state index contributed by atoms with van der Waals surface area (Å²) in [7, 11) is 0. The maximum Gasteiger partial charge on any atom is 0.249 e. The van der Waals surface area contributed by atoms with Crippen molar-refractivity contribution in [2.24, 2.45) is 0 Å². The van der Waals surface area contributed by atoms with Crippen molar-refractivity contribution in [2.45, 2.75) is 0 Å². The maximum atomic E-state index is 11.5. The van der Waals surface area contributed by atoms with Crippen LogP contribution in [-0.4, -0.2) is 4.98 Å². The molecule has 0 unspecified atom stereocenters. The average Bonchev–Trinajstić information content (AvgIpc) is 2.81. The van der Waals surface area contributed by atoms with Gasteiger partial charge in [0.15, 0.2) is 0 Å². The molecule has 0 atom stereocenters. The van der Waals surface area contributed by atoms with Crippen LogP contribution in [0.3, 0.4) is 0 Å². The van der Waals surface area contributed by atoms with Crippen LogP contribution in [0.5, 0.6) is 0 Å². The summed E-state index contributed by atoms with van der Waals surface area (Å²) >= 11 is 1.65. The lowest BCUT2D eigenvalue weighted by molar-refractivity contribution is 1.31. The summed E-state index contributed by atoms with van der Waals surface area (Å²) in [5.74, 6) is 0. The second-order valence-electron chi connectivity index (χ2n) is 3.57. The Balaban J connectivity index is 2.44. The molecule has 3 rings (SSSR count). The number of H-pyrrole nitrogens is 1. The van der Waals surface area contributed by atoms with E-state index in [-0.39, 0.29) is 5.56 Å². The molecule has 0 fully saturated rings. The second-order valence-corrected chi connectivity index (χ2v) is 4.52. The van der Waals surface area contributed by atoms with Gasteiger partial charge in [0.2, 0.25) is 5.56 Å². The van der Waals surface area contributed by atoms with Crippen molar-refractivity contribution in [3.63, 3.8) is 0 Å². The number of hydrogen-bond donors (Lipinski definition) is 1. The summed E-state index contributed by atoms with van der Waals surface area (Å²) in [5.41, 5.74) is 1.84. The zero-order valence-electron chi connectivity index (χ0n) is 8.44. The topological polar surface area (TPSA) is 32.9 Å². The lowest BCUT2D eigenvalue weighted by atomic mass is 10.1. The Labute approximate surface area is 96.2 Å². The molecule has 2 nitrogen and oxygen atoms in total. The predicted octanol–water partition coefficient (Wildman–Crippen LogP) is 3.26. The van der Waals surface area contributed by atoms with Gasteiger partial charge >= 0.3 is 0 Å². The SMILES string of the molecule is O=c1cc(-c2cccs2)c2ccccc2[nH]1. The van der Waals surface area contributed by atoms with Gasteiger partial charge in [-0.25, -0.2) is 0 Å². The van der Waals surface area contributed by atoms with E-state index in [1.807, 2.05) is 41.8 Å². The first-order valence-electron chi connectivity index (χ1n) is 5.00. The Morgan fingerprint density at radius 2 is 1.94 bits per heavy atom. The molecule has 0 aliphatic heterocycles. The number of aromatic nitrogens is 1. The number of nitrogens with one attached hydrogen (secondary N) is 1. The van der Waals surface area contributed by atoms with Crippen LogP contribution in [0.2, 0.25) is 0 Å². The van der Waals surface area contributed by atoms with Gasteiger partial charge in [-0.3, -0.25) is 4.79 Å². The quantitative estimate of drug-likeness (QED) is 0.680. The van der Waals surface area contributed by atoms with E-state index in [2.05, 4.69) is 4.98 Å². The smallest absolute Gasteiger partial charge is 0.249 e. The molecule has 78 valence electrons. The number of thiophene rings is 1. The Morgan fingerprint density at radius 1 is 1.06 bits per heavy atom. The van der Waals surface area contributed by atoms with Crippen molar-refractivity contribution < 1.29 is 0 Å². The van der Waals surface area contributed by atoms with Gasteiger partial charge in [-0.15, -0.1) is 11.3 Å². The van der Waals surface area contributed by atoms with Gasteiger partial charge in [-0.2, -0.15) is 0 Å². The number of para-hydroxylation sites is 1. The van der Waals surface area contributed by atoms with Crippen LogP contribution in [0.1, 0.15) is 0 Å². The molecule has 2 heterocycles. The van der Waals surface area contributed by atoms with Crippen LogP contribution >= 0.6 is 11.3 Å². The number of benzene rings is 1. The molecule has 2 aromatic heterocycles. The van der Waals surface area contributed by atoms with E-state index in [0.717, 1.165) is 21.3 Å². The first kappa shape index (κ1) is 9.36. The third kappa shape index (κ3) is 1.46. The minimum absolute atomic E-state index is 0.0536. The van der Waals surface area contributed by atoms with E-state index in [0.29, 0.717) is 0 Å². The Hall–Kier alpha value is -1.87. The lowest BCUT2D eigenvalue weighted by Crippen LogP contribution is -2.04. The van der Waals surface area contributed by atoms with Crippen LogP contribution in [-0.2, 0) is 0 Å². The molecule has 16 heavy (non-hydrogen) atoms. The van der Waals surface area contributed by atoms with Crippen molar-refractivity contribution in [3.8, 4) is 10.4 Å². The van der Waals surface area contributed by atoms with Gasteiger partial charge in [0, 0.05) is 27.4 Å². The summed E-state index contributed by atoms with van der Waals surface area (Å²) in [5, 5.41) is 3.11. The summed E-state index contributed by atoms with van der Waals surface area (Å²) < 4.78 is 0. The van der Waals surface area contributed by atoms with Gasteiger partial charge < -0.3 is 4.98 Å².